The minimum absolute atomic E-state index is 0.332. The molecule has 1 heterocycles. The van der Waals surface area contributed by atoms with E-state index < -0.39 is 0 Å². The van der Waals surface area contributed by atoms with Crippen LogP contribution in [0.25, 0.3) is 0 Å². The van der Waals surface area contributed by atoms with Crippen molar-refractivity contribution in [1.82, 2.24) is 10.1 Å². The van der Waals surface area contributed by atoms with Crippen LogP contribution >= 0.6 is 0 Å². The lowest BCUT2D eigenvalue weighted by molar-refractivity contribution is 0.284. The van der Waals surface area contributed by atoms with Gasteiger partial charge in [0.15, 0.2) is 6.61 Å². The molecule has 0 spiro atoms. The predicted molar refractivity (Wildman–Crippen MR) is 63.9 cm³/mol. The Morgan fingerprint density at radius 3 is 2.82 bits per heavy atom. The molecule has 0 aliphatic heterocycles. The molecule has 2 aromatic rings. The molecule has 0 radical (unpaired) electrons. The third kappa shape index (κ3) is 2.84. The molecule has 2 rings (SSSR count). The third-order valence-electron chi connectivity index (χ3n) is 2.64. The van der Waals surface area contributed by atoms with Crippen molar-refractivity contribution < 1.29 is 9.26 Å². The topological polar surface area (TPSA) is 48.2 Å². The molecular weight excluding hydrogens is 216 g/mol. The number of aromatic nitrogens is 2. The van der Waals surface area contributed by atoms with E-state index in [9.17, 15) is 0 Å². The molecule has 4 nitrogen and oxygen atoms in total. The first-order valence-electron chi connectivity index (χ1n) is 5.65. The molecule has 0 aliphatic rings. The van der Waals surface area contributed by atoms with Gasteiger partial charge < -0.3 is 9.26 Å². The quantitative estimate of drug-likeness (QED) is 0.812. The highest BCUT2D eigenvalue weighted by molar-refractivity contribution is 5.37. The average molecular weight is 232 g/mol. The summed E-state index contributed by atoms with van der Waals surface area (Å²) in [6.07, 6.45) is 1.30. The van der Waals surface area contributed by atoms with E-state index in [0.717, 1.165) is 11.3 Å². The van der Waals surface area contributed by atoms with Crippen LogP contribution in [-0.4, -0.2) is 10.1 Å². The smallest absolute Gasteiger partial charge is 0.213 e. The summed E-state index contributed by atoms with van der Waals surface area (Å²) in [5, 5.41) is 3.71. The van der Waals surface area contributed by atoms with Gasteiger partial charge in [-0.05, 0) is 30.0 Å². The molecule has 0 aliphatic carbocycles. The highest BCUT2D eigenvalue weighted by Gasteiger charge is 2.06. The van der Waals surface area contributed by atoms with Crippen molar-refractivity contribution in [3.8, 4) is 5.75 Å². The number of hydrogen-bond donors (Lipinski definition) is 0. The molecule has 0 atom stereocenters. The highest BCUT2D eigenvalue weighted by Crippen LogP contribution is 2.24. The Kier molecular flexibility index (Phi) is 3.42. The normalized spacial score (nSPS) is 10.8. The molecule has 90 valence electrons. The maximum absolute atomic E-state index is 5.69. The lowest BCUT2D eigenvalue weighted by Gasteiger charge is -2.11. The number of nitrogens with zero attached hydrogens (tertiary/aromatic N) is 2. The van der Waals surface area contributed by atoms with E-state index in [1.54, 1.807) is 0 Å². The first kappa shape index (κ1) is 11.6. The number of aryl methyl sites for hydroxylation is 1. The van der Waals surface area contributed by atoms with E-state index in [1.165, 1.54) is 12.0 Å². The van der Waals surface area contributed by atoms with Crippen LogP contribution in [-0.2, 0) is 6.61 Å². The van der Waals surface area contributed by atoms with Crippen LogP contribution in [0.1, 0.15) is 36.7 Å². The Hall–Kier alpha value is -1.84. The first-order valence-corrected chi connectivity index (χ1v) is 5.65. The number of benzene rings is 1. The first-order chi connectivity index (χ1) is 8.16. The van der Waals surface area contributed by atoms with E-state index in [4.69, 9.17) is 4.74 Å². The maximum Gasteiger partial charge on any atom is 0.213 e. The monoisotopic (exact) mass is 232 g/mol. The molecule has 0 saturated carbocycles. The summed E-state index contributed by atoms with van der Waals surface area (Å²) in [4.78, 5) is 3.92. The Labute approximate surface area is 101 Å². The minimum atomic E-state index is 0.332. The van der Waals surface area contributed by atoms with Gasteiger partial charge in [0.25, 0.3) is 0 Å². The molecule has 0 fully saturated rings. The second-order valence-electron chi connectivity index (χ2n) is 4.32. The fourth-order valence-corrected chi connectivity index (χ4v) is 1.53. The summed E-state index contributed by atoms with van der Waals surface area (Å²) in [5.41, 5.74) is 2.37. The van der Waals surface area contributed by atoms with Gasteiger partial charge in [0.1, 0.15) is 5.75 Å². The van der Waals surface area contributed by atoms with Crippen molar-refractivity contribution >= 4 is 0 Å². The zero-order chi connectivity index (χ0) is 12.3. The lowest BCUT2D eigenvalue weighted by Crippen LogP contribution is -2.00. The maximum atomic E-state index is 5.69. The van der Waals surface area contributed by atoms with Crippen LogP contribution in [0, 0.1) is 6.92 Å². The Morgan fingerprint density at radius 2 is 2.18 bits per heavy atom. The van der Waals surface area contributed by atoms with Gasteiger partial charge in [-0.1, -0.05) is 31.1 Å². The lowest BCUT2D eigenvalue weighted by atomic mass is 10.0. The molecule has 0 unspecified atom stereocenters. The highest BCUT2D eigenvalue weighted by atomic mass is 16.5. The fraction of sp³-hybridized carbons (Fsp3) is 0.385. The van der Waals surface area contributed by atoms with Crippen LogP contribution in [0.2, 0.25) is 0 Å². The van der Waals surface area contributed by atoms with Gasteiger partial charge in [-0.25, -0.2) is 0 Å². The molecule has 1 aromatic heterocycles. The van der Waals surface area contributed by atoms with Crippen LogP contribution in [0.5, 0.6) is 5.75 Å². The van der Waals surface area contributed by atoms with Crippen LogP contribution in [0.4, 0.5) is 0 Å². The van der Waals surface area contributed by atoms with Gasteiger partial charge in [-0.15, -0.1) is 0 Å². The second-order valence-corrected chi connectivity index (χ2v) is 4.32. The molecule has 1 aromatic carbocycles. The zero-order valence-electron chi connectivity index (χ0n) is 10.3. The third-order valence-corrected chi connectivity index (χ3v) is 2.64. The number of hydrogen-bond acceptors (Lipinski definition) is 4. The van der Waals surface area contributed by atoms with E-state index in [-0.39, 0.29) is 0 Å². The zero-order valence-corrected chi connectivity index (χ0v) is 10.3. The molecule has 0 bridgehead atoms. The standard InChI is InChI=1S/C13H16N2O2/c1-9(2)11-5-4-10(3)12(6-11)16-7-13-14-8-17-15-13/h4-6,8-9H,7H2,1-3H3. The van der Waals surface area contributed by atoms with Gasteiger partial charge in [0.05, 0.1) is 0 Å². The van der Waals surface area contributed by atoms with E-state index >= 15 is 0 Å². The van der Waals surface area contributed by atoms with Crippen LogP contribution in [0.15, 0.2) is 29.1 Å². The molecule has 0 saturated heterocycles. The second kappa shape index (κ2) is 4.99. The molecule has 17 heavy (non-hydrogen) atoms. The fourth-order valence-electron chi connectivity index (χ4n) is 1.53. The van der Waals surface area contributed by atoms with Gasteiger partial charge >= 0.3 is 0 Å². The van der Waals surface area contributed by atoms with Crippen molar-refractivity contribution in [3.05, 3.63) is 41.5 Å². The summed E-state index contributed by atoms with van der Waals surface area (Å²) in [6, 6.07) is 6.27. The number of rotatable bonds is 4. The van der Waals surface area contributed by atoms with Crippen molar-refractivity contribution in [3.63, 3.8) is 0 Å². The summed E-state index contributed by atoms with van der Waals surface area (Å²) in [7, 11) is 0. The van der Waals surface area contributed by atoms with Crippen molar-refractivity contribution in [2.24, 2.45) is 0 Å². The van der Waals surface area contributed by atoms with Gasteiger partial charge in [-0.3, -0.25) is 0 Å². The number of ether oxygens (including phenoxy) is 1. The van der Waals surface area contributed by atoms with Gasteiger partial charge in [0.2, 0.25) is 12.2 Å². The Morgan fingerprint density at radius 1 is 1.35 bits per heavy atom. The molecule has 4 heteroatoms. The summed E-state index contributed by atoms with van der Waals surface area (Å²) >= 11 is 0. The van der Waals surface area contributed by atoms with Crippen molar-refractivity contribution in [2.45, 2.75) is 33.3 Å². The van der Waals surface area contributed by atoms with Gasteiger partial charge in [0, 0.05) is 0 Å². The summed E-state index contributed by atoms with van der Waals surface area (Å²) in [6.45, 7) is 6.68. The minimum Gasteiger partial charge on any atom is -0.485 e. The van der Waals surface area contributed by atoms with Gasteiger partial charge in [-0.2, -0.15) is 4.98 Å². The van der Waals surface area contributed by atoms with Crippen molar-refractivity contribution in [2.75, 3.05) is 0 Å². The SMILES string of the molecule is Cc1ccc(C(C)C)cc1OCc1ncon1. The molecule has 0 N–H and O–H groups in total. The average Bonchev–Trinajstić information content (AvgIpc) is 2.80. The van der Waals surface area contributed by atoms with E-state index in [1.807, 2.05) is 6.92 Å². The van der Waals surface area contributed by atoms with E-state index in [2.05, 4.69) is 46.7 Å². The Balaban J connectivity index is 2.11. The van der Waals surface area contributed by atoms with Crippen molar-refractivity contribution in [1.29, 1.82) is 0 Å². The van der Waals surface area contributed by atoms with E-state index in [0.29, 0.717) is 18.3 Å². The molecular formula is C13H16N2O2. The summed E-state index contributed by atoms with van der Waals surface area (Å²) < 4.78 is 10.3. The predicted octanol–water partition coefficient (Wildman–Crippen LogP) is 3.08. The summed E-state index contributed by atoms with van der Waals surface area (Å²) in [5.74, 6) is 1.92. The molecule has 0 amide bonds. The largest absolute Gasteiger partial charge is 0.485 e. The Bertz CT molecular complexity index is 478. The van der Waals surface area contributed by atoms with Crippen LogP contribution in [0.3, 0.4) is 0 Å². The van der Waals surface area contributed by atoms with Crippen LogP contribution < -0.4 is 4.74 Å².